The molecule has 0 amide bonds. The van der Waals surface area contributed by atoms with E-state index >= 15 is 0 Å². The second kappa shape index (κ2) is 5.99. The zero-order chi connectivity index (χ0) is 16.8. The Hall–Kier alpha value is -1.68. The zero-order valence-electron chi connectivity index (χ0n) is 12.9. The van der Waals surface area contributed by atoms with Crippen LogP contribution in [-0.2, 0) is 6.42 Å². The SMILES string of the molecule is Cc1ccc(Cl)cc1-n1nc(-c2cc(Cl)ccc2Cl)c2c1NCC2. The Morgan fingerprint density at radius 3 is 2.62 bits per heavy atom. The van der Waals surface area contributed by atoms with Crippen LogP contribution in [0, 0.1) is 6.92 Å². The molecule has 3 nitrogen and oxygen atoms in total. The van der Waals surface area contributed by atoms with E-state index in [9.17, 15) is 0 Å². The lowest BCUT2D eigenvalue weighted by Crippen LogP contribution is -2.05. The highest BCUT2D eigenvalue weighted by atomic mass is 35.5. The van der Waals surface area contributed by atoms with E-state index in [1.165, 1.54) is 0 Å². The number of aromatic nitrogens is 2. The lowest BCUT2D eigenvalue weighted by molar-refractivity contribution is 0.875. The van der Waals surface area contributed by atoms with Gasteiger partial charge in [-0.2, -0.15) is 5.10 Å². The van der Waals surface area contributed by atoms with Gasteiger partial charge in [0.2, 0.25) is 0 Å². The first-order valence-electron chi connectivity index (χ1n) is 7.62. The highest BCUT2D eigenvalue weighted by Crippen LogP contribution is 2.39. The second-order valence-corrected chi connectivity index (χ2v) is 7.10. The first kappa shape index (κ1) is 15.8. The molecule has 2 heterocycles. The van der Waals surface area contributed by atoms with Crippen LogP contribution < -0.4 is 5.32 Å². The third-order valence-electron chi connectivity index (χ3n) is 4.23. The van der Waals surface area contributed by atoms with E-state index in [1.807, 2.05) is 35.9 Å². The summed E-state index contributed by atoms with van der Waals surface area (Å²) in [6.45, 7) is 2.92. The van der Waals surface area contributed by atoms with Gasteiger partial charge in [0, 0.05) is 27.7 Å². The Kier molecular flexibility index (Phi) is 3.95. The third-order valence-corrected chi connectivity index (χ3v) is 5.03. The lowest BCUT2D eigenvalue weighted by atomic mass is 10.1. The molecule has 0 saturated heterocycles. The van der Waals surface area contributed by atoms with Gasteiger partial charge in [-0.15, -0.1) is 0 Å². The van der Waals surface area contributed by atoms with E-state index in [0.717, 1.165) is 46.9 Å². The predicted octanol–water partition coefficient (Wildman–Crippen LogP) is 5.78. The molecule has 0 bridgehead atoms. The van der Waals surface area contributed by atoms with Gasteiger partial charge >= 0.3 is 0 Å². The third kappa shape index (κ3) is 2.57. The van der Waals surface area contributed by atoms with Gasteiger partial charge in [0.05, 0.1) is 16.4 Å². The summed E-state index contributed by atoms with van der Waals surface area (Å²) in [6, 6.07) is 11.2. The standard InChI is InChI=1S/C18H14Cl3N3/c1-10-2-3-12(20)9-16(10)24-18-13(6-7-22-18)17(23-24)14-8-11(19)4-5-15(14)21/h2-5,8-9,22H,6-7H2,1H3. The molecule has 0 spiro atoms. The highest BCUT2D eigenvalue weighted by molar-refractivity contribution is 6.35. The lowest BCUT2D eigenvalue weighted by Gasteiger charge is -2.10. The maximum atomic E-state index is 6.39. The molecule has 1 aromatic heterocycles. The number of aryl methyl sites for hydroxylation is 1. The molecule has 2 aromatic carbocycles. The Balaban J connectivity index is 1.96. The van der Waals surface area contributed by atoms with Crippen molar-refractivity contribution in [3.05, 3.63) is 62.6 Å². The van der Waals surface area contributed by atoms with Crippen molar-refractivity contribution in [1.82, 2.24) is 9.78 Å². The van der Waals surface area contributed by atoms with Crippen molar-refractivity contribution in [2.75, 3.05) is 11.9 Å². The molecular weight excluding hydrogens is 365 g/mol. The summed E-state index contributed by atoms with van der Waals surface area (Å²) in [7, 11) is 0. The van der Waals surface area contributed by atoms with E-state index in [2.05, 4.69) is 5.32 Å². The van der Waals surface area contributed by atoms with Gasteiger partial charge in [0.1, 0.15) is 5.82 Å². The van der Waals surface area contributed by atoms with Crippen molar-refractivity contribution < 1.29 is 0 Å². The van der Waals surface area contributed by atoms with E-state index in [4.69, 9.17) is 39.9 Å². The molecule has 0 unspecified atom stereocenters. The summed E-state index contributed by atoms with van der Waals surface area (Å²) in [5.41, 5.74) is 4.92. The Morgan fingerprint density at radius 1 is 1.04 bits per heavy atom. The zero-order valence-corrected chi connectivity index (χ0v) is 15.2. The van der Waals surface area contributed by atoms with E-state index in [-0.39, 0.29) is 0 Å². The first-order chi connectivity index (χ1) is 11.5. The number of fused-ring (bicyclic) bond motifs is 1. The van der Waals surface area contributed by atoms with Crippen molar-refractivity contribution in [1.29, 1.82) is 0 Å². The molecule has 0 atom stereocenters. The van der Waals surface area contributed by atoms with Crippen molar-refractivity contribution in [3.63, 3.8) is 0 Å². The quantitative estimate of drug-likeness (QED) is 0.613. The number of rotatable bonds is 2. The van der Waals surface area contributed by atoms with Crippen LogP contribution in [0.25, 0.3) is 16.9 Å². The van der Waals surface area contributed by atoms with Crippen LogP contribution in [0.3, 0.4) is 0 Å². The average Bonchev–Trinajstić information content (AvgIpc) is 3.15. The minimum absolute atomic E-state index is 0.640. The Morgan fingerprint density at radius 2 is 1.79 bits per heavy atom. The maximum absolute atomic E-state index is 6.39. The number of nitrogens with one attached hydrogen (secondary N) is 1. The van der Waals surface area contributed by atoms with Crippen LogP contribution in [0.2, 0.25) is 15.1 Å². The van der Waals surface area contributed by atoms with Gasteiger partial charge in [-0.25, -0.2) is 4.68 Å². The van der Waals surface area contributed by atoms with Crippen molar-refractivity contribution in [3.8, 4) is 16.9 Å². The van der Waals surface area contributed by atoms with E-state index in [0.29, 0.717) is 15.1 Å². The molecule has 1 aliphatic rings. The molecular formula is C18H14Cl3N3. The number of benzene rings is 2. The molecule has 1 aliphatic heterocycles. The topological polar surface area (TPSA) is 29.9 Å². The van der Waals surface area contributed by atoms with Crippen molar-refractivity contribution in [2.24, 2.45) is 0 Å². The molecule has 3 aromatic rings. The molecule has 0 radical (unpaired) electrons. The molecule has 0 aliphatic carbocycles. The van der Waals surface area contributed by atoms with Gasteiger partial charge in [-0.3, -0.25) is 0 Å². The Labute approximate surface area is 155 Å². The summed E-state index contributed by atoms with van der Waals surface area (Å²) in [4.78, 5) is 0. The minimum atomic E-state index is 0.640. The maximum Gasteiger partial charge on any atom is 0.133 e. The molecule has 122 valence electrons. The largest absolute Gasteiger partial charge is 0.369 e. The van der Waals surface area contributed by atoms with Gasteiger partial charge in [-0.1, -0.05) is 40.9 Å². The fraction of sp³-hybridized carbons (Fsp3) is 0.167. The van der Waals surface area contributed by atoms with Crippen LogP contribution in [0.5, 0.6) is 0 Å². The van der Waals surface area contributed by atoms with Crippen LogP contribution in [0.4, 0.5) is 5.82 Å². The predicted molar refractivity (Wildman–Crippen MR) is 101 cm³/mol. The molecule has 0 fully saturated rings. The van der Waals surface area contributed by atoms with Gasteiger partial charge in [0.25, 0.3) is 0 Å². The average molecular weight is 379 g/mol. The molecule has 6 heteroatoms. The molecule has 24 heavy (non-hydrogen) atoms. The summed E-state index contributed by atoms with van der Waals surface area (Å²) in [5, 5.41) is 10.2. The number of nitrogens with zero attached hydrogens (tertiary/aromatic N) is 2. The van der Waals surface area contributed by atoms with Crippen LogP contribution >= 0.6 is 34.8 Å². The van der Waals surface area contributed by atoms with Crippen LogP contribution in [0.1, 0.15) is 11.1 Å². The number of halogens is 3. The highest BCUT2D eigenvalue weighted by Gasteiger charge is 2.25. The van der Waals surface area contributed by atoms with Gasteiger partial charge in [0.15, 0.2) is 0 Å². The van der Waals surface area contributed by atoms with Gasteiger partial charge < -0.3 is 5.32 Å². The molecule has 4 rings (SSSR count). The van der Waals surface area contributed by atoms with Crippen LogP contribution in [0.15, 0.2) is 36.4 Å². The summed E-state index contributed by atoms with van der Waals surface area (Å²) in [5.74, 6) is 0.992. The second-order valence-electron chi connectivity index (χ2n) is 5.82. The summed E-state index contributed by atoms with van der Waals surface area (Å²) in [6.07, 6.45) is 0.896. The smallest absolute Gasteiger partial charge is 0.133 e. The first-order valence-corrected chi connectivity index (χ1v) is 8.75. The van der Waals surface area contributed by atoms with Crippen molar-refractivity contribution in [2.45, 2.75) is 13.3 Å². The fourth-order valence-electron chi connectivity index (χ4n) is 3.06. The fourth-order valence-corrected chi connectivity index (χ4v) is 3.60. The van der Waals surface area contributed by atoms with Crippen molar-refractivity contribution >= 4 is 40.6 Å². The minimum Gasteiger partial charge on any atom is -0.369 e. The Bertz CT molecular complexity index is 873. The molecule has 0 saturated carbocycles. The monoisotopic (exact) mass is 377 g/mol. The van der Waals surface area contributed by atoms with E-state index in [1.54, 1.807) is 12.1 Å². The number of hydrogen-bond acceptors (Lipinski definition) is 2. The summed E-state index contributed by atoms with van der Waals surface area (Å²) < 4.78 is 1.91. The number of hydrogen-bond donors (Lipinski definition) is 1. The van der Waals surface area contributed by atoms with Gasteiger partial charge in [-0.05, 0) is 49.2 Å². The van der Waals surface area contributed by atoms with Crippen LogP contribution in [-0.4, -0.2) is 16.3 Å². The normalized spacial score (nSPS) is 13.0. The summed E-state index contributed by atoms with van der Waals surface area (Å²) >= 11 is 18.7. The number of anilines is 1. The molecule has 1 N–H and O–H groups in total. The van der Waals surface area contributed by atoms with E-state index < -0.39 is 0 Å².